The summed E-state index contributed by atoms with van der Waals surface area (Å²) in [5.41, 5.74) is 2.21. The number of anilines is 1. The average Bonchev–Trinajstić information content (AvgIpc) is 3.06. The van der Waals surface area contributed by atoms with E-state index in [0.29, 0.717) is 11.4 Å². The van der Waals surface area contributed by atoms with E-state index < -0.39 is 23.7 Å². The first-order valence-corrected chi connectivity index (χ1v) is 7.76. The Balaban J connectivity index is 1.72. The van der Waals surface area contributed by atoms with Gasteiger partial charge in [-0.25, -0.2) is 8.91 Å². The number of benzene rings is 1. The zero-order valence-corrected chi connectivity index (χ0v) is 13.8. The van der Waals surface area contributed by atoms with Gasteiger partial charge >= 0.3 is 0 Å². The second kappa shape index (κ2) is 6.72. The Labute approximate surface area is 143 Å². The summed E-state index contributed by atoms with van der Waals surface area (Å²) in [4.78, 5) is 24.7. The van der Waals surface area contributed by atoms with Crippen LogP contribution in [0.3, 0.4) is 0 Å². The molecule has 2 heterocycles. The van der Waals surface area contributed by atoms with Gasteiger partial charge in [-0.05, 0) is 49.7 Å². The molecule has 0 saturated carbocycles. The van der Waals surface area contributed by atoms with Crippen molar-refractivity contribution in [3.8, 4) is 0 Å². The highest BCUT2D eigenvalue weighted by molar-refractivity contribution is 6.00. The van der Waals surface area contributed by atoms with Gasteiger partial charge in [0.05, 0.1) is 11.7 Å². The van der Waals surface area contributed by atoms with Crippen molar-refractivity contribution in [3.63, 3.8) is 0 Å². The number of rotatable bonds is 4. The number of nitrogens with zero attached hydrogens (tertiary/aromatic N) is 2. The first kappa shape index (κ1) is 16.6. The second-order valence-corrected chi connectivity index (χ2v) is 5.72. The van der Waals surface area contributed by atoms with E-state index in [-0.39, 0.29) is 0 Å². The number of carbonyl (C=O) groups is 2. The average molecular weight is 340 g/mol. The van der Waals surface area contributed by atoms with Crippen LogP contribution in [0.2, 0.25) is 0 Å². The number of hydrogen-bond donors (Lipinski definition) is 2. The number of fused-ring (bicyclic) bond motifs is 1. The molecule has 3 rings (SSSR count). The summed E-state index contributed by atoms with van der Waals surface area (Å²) in [5.74, 6) is -1.30. The maximum Gasteiger partial charge on any atom is 0.270 e. The monoisotopic (exact) mass is 340 g/mol. The summed E-state index contributed by atoms with van der Waals surface area (Å²) in [7, 11) is 0. The second-order valence-electron chi connectivity index (χ2n) is 5.72. The first-order chi connectivity index (χ1) is 12.0. The smallest absolute Gasteiger partial charge is 0.270 e. The van der Waals surface area contributed by atoms with E-state index in [1.807, 2.05) is 6.07 Å². The Hall–Kier alpha value is -3.22. The predicted octanol–water partition coefficient (Wildman–Crippen LogP) is 2.54. The molecule has 0 aliphatic carbocycles. The van der Waals surface area contributed by atoms with Crippen molar-refractivity contribution in [3.05, 3.63) is 65.7 Å². The summed E-state index contributed by atoms with van der Waals surface area (Å²) in [6.07, 6.45) is 1.59. The molecule has 0 saturated heterocycles. The maximum atomic E-state index is 13.3. The lowest BCUT2D eigenvalue weighted by Gasteiger charge is -2.15. The van der Waals surface area contributed by atoms with E-state index in [2.05, 4.69) is 15.7 Å². The molecular formula is C18H17FN4O2. The van der Waals surface area contributed by atoms with Gasteiger partial charge in [0.2, 0.25) is 5.91 Å². The van der Waals surface area contributed by atoms with Gasteiger partial charge in [-0.15, -0.1) is 0 Å². The summed E-state index contributed by atoms with van der Waals surface area (Å²) in [5, 5.41) is 9.34. The number of nitrogens with one attached hydrogen (secondary N) is 2. The number of pyridine rings is 1. The maximum absolute atomic E-state index is 13.3. The summed E-state index contributed by atoms with van der Waals surface area (Å²) >= 11 is 0. The van der Waals surface area contributed by atoms with Crippen molar-refractivity contribution in [2.75, 3.05) is 5.32 Å². The van der Waals surface area contributed by atoms with E-state index >= 15 is 0 Å². The number of aromatic nitrogens is 2. The van der Waals surface area contributed by atoms with Crippen LogP contribution >= 0.6 is 0 Å². The van der Waals surface area contributed by atoms with Crippen LogP contribution in [-0.2, 0) is 4.79 Å². The lowest BCUT2D eigenvalue weighted by molar-refractivity contribution is -0.117. The van der Waals surface area contributed by atoms with Crippen molar-refractivity contribution in [2.45, 2.75) is 19.9 Å². The highest BCUT2D eigenvalue weighted by Crippen LogP contribution is 2.16. The Kier molecular flexibility index (Phi) is 4.47. The third kappa shape index (κ3) is 3.50. The summed E-state index contributed by atoms with van der Waals surface area (Å²) in [6.45, 7) is 3.32. The van der Waals surface area contributed by atoms with Gasteiger partial charge in [0.1, 0.15) is 17.6 Å². The molecule has 0 fully saturated rings. The molecule has 7 heteroatoms. The molecule has 2 aromatic heterocycles. The Morgan fingerprint density at radius 3 is 2.80 bits per heavy atom. The predicted molar refractivity (Wildman–Crippen MR) is 91.9 cm³/mol. The lowest BCUT2D eigenvalue weighted by atomic mass is 10.2. The zero-order chi connectivity index (χ0) is 18.0. The fourth-order valence-electron chi connectivity index (χ4n) is 2.43. The highest BCUT2D eigenvalue weighted by Gasteiger charge is 2.19. The number of aryl methyl sites for hydroxylation is 1. The minimum absolute atomic E-state index is 0.323. The van der Waals surface area contributed by atoms with Crippen molar-refractivity contribution >= 4 is 23.0 Å². The van der Waals surface area contributed by atoms with E-state index in [1.54, 1.807) is 44.3 Å². The van der Waals surface area contributed by atoms with Crippen molar-refractivity contribution in [2.24, 2.45) is 0 Å². The van der Waals surface area contributed by atoms with Crippen LogP contribution < -0.4 is 10.6 Å². The van der Waals surface area contributed by atoms with Crippen molar-refractivity contribution in [1.29, 1.82) is 0 Å². The van der Waals surface area contributed by atoms with Crippen LogP contribution in [0.15, 0.2) is 48.7 Å². The molecular weight excluding hydrogens is 323 g/mol. The molecule has 25 heavy (non-hydrogen) atoms. The Bertz CT molecular complexity index is 951. The summed E-state index contributed by atoms with van der Waals surface area (Å²) < 4.78 is 14.8. The van der Waals surface area contributed by atoms with Crippen LogP contribution in [0.1, 0.15) is 23.0 Å². The molecule has 0 aliphatic rings. The van der Waals surface area contributed by atoms with E-state index in [4.69, 9.17) is 0 Å². The normalized spacial score (nSPS) is 12.0. The number of carbonyl (C=O) groups excluding carboxylic acids is 2. The molecule has 128 valence electrons. The van der Waals surface area contributed by atoms with Crippen LogP contribution in [0.4, 0.5) is 10.1 Å². The Morgan fingerprint density at radius 1 is 1.20 bits per heavy atom. The number of amides is 2. The topological polar surface area (TPSA) is 75.5 Å². The van der Waals surface area contributed by atoms with Gasteiger partial charge < -0.3 is 10.6 Å². The lowest BCUT2D eigenvalue weighted by Crippen LogP contribution is -2.42. The molecule has 0 unspecified atom stereocenters. The van der Waals surface area contributed by atoms with Gasteiger partial charge in [-0.2, -0.15) is 5.10 Å². The van der Waals surface area contributed by atoms with Gasteiger partial charge in [-0.1, -0.05) is 12.1 Å². The van der Waals surface area contributed by atoms with Crippen LogP contribution in [0, 0.1) is 12.7 Å². The van der Waals surface area contributed by atoms with Gasteiger partial charge in [0.25, 0.3) is 5.91 Å². The molecule has 6 nitrogen and oxygen atoms in total. The molecule has 2 amide bonds. The van der Waals surface area contributed by atoms with Crippen LogP contribution in [0.5, 0.6) is 0 Å². The fourth-order valence-corrected chi connectivity index (χ4v) is 2.43. The summed E-state index contributed by atoms with van der Waals surface area (Å²) in [6, 6.07) is 10.3. The molecule has 1 aromatic carbocycles. The van der Waals surface area contributed by atoms with E-state index in [1.165, 1.54) is 16.6 Å². The molecule has 0 spiro atoms. The first-order valence-electron chi connectivity index (χ1n) is 7.76. The third-order valence-corrected chi connectivity index (χ3v) is 3.85. The quantitative estimate of drug-likeness (QED) is 0.766. The van der Waals surface area contributed by atoms with E-state index in [9.17, 15) is 14.0 Å². The minimum atomic E-state index is -0.805. The molecule has 2 N–H and O–H groups in total. The van der Waals surface area contributed by atoms with Crippen LogP contribution in [0.25, 0.3) is 5.52 Å². The van der Waals surface area contributed by atoms with E-state index in [0.717, 1.165) is 11.1 Å². The SMILES string of the molecule is Cc1ccc(F)cc1NC(=O)[C@@H](C)NC(=O)c1cccc2ccnn12. The van der Waals surface area contributed by atoms with Crippen molar-refractivity contribution in [1.82, 2.24) is 14.9 Å². The molecule has 0 radical (unpaired) electrons. The highest BCUT2D eigenvalue weighted by atomic mass is 19.1. The third-order valence-electron chi connectivity index (χ3n) is 3.85. The number of halogens is 1. The fraction of sp³-hybridized carbons (Fsp3) is 0.167. The van der Waals surface area contributed by atoms with Crippen molar-refractivity contribution < 1.29 is 14.0 Å². The van der Waals surface area contributed by atoms with Gasteiger partial charge in [0, 0.05) is 5.69 Å². The van der Waals surface area contributed by atoms with Crippen LogP contribution in [-0.4, -0.2) is 27.5 Å². The van der Waals surface area contributed by atoms with Gasteiger partial charge in [-0.3, -0.25) is 9.59 Å². The zero-order valence-electron chi connectivity index (χ0n) is 13.8. The number of hydrogen-bond acceptors (Lipinski definition) is 3. The molecule has 0 aliphatic heterocycles. The molecule has 0 bridgehead atoms. The molecule has 1 atom stereocenters. The standard InChI is InChI=1S/C18H17FN4O2/c1-11-6-7-13(19)10-15(11)22-17(24)12(2)21-18(25)16-5-3-4-14-8-9-20-23(14)16/h3-10,12H,1-2H3,(H,21,25)(H,22,24)/t12-/m1/s1. The largest absolute Gasteiger partial charge is 0.339 e. The molecule has 3 aromatic rings. The minimum Gasteiger partial charge on any atom is -0.339 e. The Morgan fingerprint density at radius 2 is 2.00 bits per heavy atom. The van der Waals surface area contributed by atoms with Gasteiger partial charge in [0.15, 0.2) is 0 Å².